The van der Waals surface area contributed by atoms with Crippen LogP contribution in [0.15, 0.2) is 30.7 Å². The molecule has 2 aliphatic carbocycles. The average molecular weight is 706 g/mol. The highest BCUT2D eigenvalue weighted by Gasteiger charge is 2.51. The van der Waals surface area contributed by atoms with E-state index in [-0.39, 0.29) is 41.5 Å². The third-order valence-corrected chi connectivity index (χ3v) is 16.2. The van der Waals surface area contributed by atoms with E-state index in [2.05, 4.69) is 50.3 Å². The van der Waals surface area contributed by atoms with Gasteiger partial charge in [-0.2, -0.15) is 10.1 Å². The van der Waals surface area contributed by atoms with Crippen LogP contribution in [-0.2, 0) is 27.4 Å². The van der Waals surface area contributed by atoms with E-state index < -0.39 is 8.32 Å². The first-order chi connectivity index (χ1) is 23.4. The summed E-state index contributed by atoms with van der Waals surface area (Å²) in [6.45, 7) is 12.7. The number of nitrogens with one attached hydrogen (secondary N) is 1. The molecule has 0 amide bonds. The minimum Gasteiger partial charge on any atom is -0.458 e. The average Bonchev–Trinajstić information content (AvgIpc) is 3.89. The maximum absolute atomic E-state index is 6.90. The first-order valence-corrected chi connectivity index (χ1v) is 21.1. The van der Waals surface area contributed by atoms with Gasteiger partial charge in [0.1, 0.15) is 23.7 Å². The Kier molecular flexibility index (Phi) is 8.54. The van der Waals surface area contributed by atoms with Crippen molar-refractivity contribution in [3.05, 3.63) is 47.0 Å². The van der Waals surface area contributed by atoms with Crippen LogP contribution < -0.4 is 10.1 Å². The van der Waals surface area contributed by atoms with Crippen LogP contribution in [0.3, 0.4) is 0 Å². The van der Waals surface area contributed by atoms with Crippen LogP contribution in [0.25, 0.3) is 22.3 Å². The molecule has 13 heteroatoms. The number of halogens is 1. The van der Waals surface area contributed by atoms with Gasteiger partial charge in [0.05, 0.1) is 41.8 Å². The van der Waals surface area contributed by atoms with Gasteiger partial charge in [-0.15, -0.1) is 0 Å². The zero-order valence-electron chi connectivity index (χ0n) is 29.4. The van der Waals surface area contributed by atoms with Crippen LogP contribution in [0.5, 0.6) is 6.01 Å². The summed E-state index contributed by atoms with van der Waals surface area (Å²) in [5.74, 6) is 0.858. The molecule has 6 atom stereocenters. The molecular weight excluding hydrogens is 658 g/mol. The summed E-state index contributed by atoms with van der Waals surface area (Å²) in [5, 5.41) is 8.60. The van der Waals surface area contributed by atoms with Crippen molar-refractivity contribution in [1.29, 1.82) is 0 Å². The normalized spacial score (nSPS) is 27.1. The number of hydrogen-bond acceptors (Lipinski definition) is 9. The maximum atomic E-state index is 6.90. The summed E-state index contributed by atoms with van der Waals surface area (Å²) in [5.41, 5.74) is 5.78. The lowest BCUT2D eigenvalue weighted by Crippen LogP contribution is -2.46. The zero-order valence-corrected chi connectivity index (χ0v) is 31.2. The number of aryl methyl sites for hydroxylation is 2. The molecule has 0 radical (unpaired) electrons. The predicted molar refractivity (Wildman–Crippen MR) is 191 cm³/mol. The summed E-state index contributed by atoms with van der Waals surface area (Å²) in [7, 11) is -0.00231. The van der Waals surface area contributed by atoms with Gasteiger partial charge in [-0.25, -0.2) is 4.98 Å². The molecule has 2 aliphatic heterocycles. The van der Waals surface area contributed by atoms with E-state index in [0.29, 0.717) is 41.2 Å². The van der Waals surface area contributed by atoms with Gasteiger partial charge in [0.2, 0.25) is 0 Å². The summed E-state index contributed by atoms with van der Waals surface area (Å²) in [4.78, 5) is 15.0. The standard InChI is InChI=1S/C36H48ClN7O4Si/c1-36(2,3)49(5,6)48-28-13-11-24-29(20-46-32(24)28)47-35-41-27-16-25(37)33(42-34(27)44(35)30-9-7-8-14-45-30)40-26-12-10-21-15-22(17-38-31(21)26)23-18-39-43(4)19-23/h15-19,24,26,28-30,32H,7-14,20H2,1-6H3,(H,40,42)/t24-,26?,28?,29-,30?,32+/m1/s1. The minimum absolute atomic E-state index is 0.00477. The Bertz CT molecular complexity index is 1850. The first-order valence-electron chi connectivity index (χ1n) is 17.9. The molecule has 3 unspecified atom stereocenters. The van der Waals surface area contributed by atoms with Crippen LogP contribution in [0.1, 0.15) is 82.8 Å². The summed E-state index contributed by atoms with van der Waals surface area (Å²) in [6, 6.07) is 4.62. The fraction of sp³-hybridized carbons (Fsp3) is 0.611. The molecule has 0 aromatic carbocycles. The minimum atomic E-state index is -1.93. The summed E-state index contributed by atoms with van der Waals surface area (Å²) < 4.78 is 30.2. The highest BCUT2D eigenvalue weighted by Crippen LogP contribution is 2.45. The first kappa shape index (κ1) is 33.1. The molecule has 11 nitrogen and oxygen atoms in total. The molecule has 2 saturated heterocycles. The molecule has 4 aliphatic rings. The highest BCUT2D eigenvalue weighted by molar-refractivity contribution is 6.74. The molecule has 4 aromatic heterocycles. The molecule has 3 fully saturated rings. The largest absolute Gasteiger partial charge is 0.458 e. The smallest absolute Gasteiger partial charge is 0.301 e. The van der Waals surface area contributed by atoms with Crippen LogP contribution in [-0.4, -0.2) is 69.1 Å². The molecular formula is C36H48ClN7O4Si. The lowest BCUT2D eigenvalue weighted by Gasteiger charge is -2.39. The van der Waals surface area contributed by atoms with E-state index >= 15 is 0 Å². The zero-order chi connectivity index (χ0) is 34.1. The lowest BCUT2D eigenvalue weighted by atomic mass is 10.0. The van der Waals surface area contributed by atoms with Crippen LogP contribution in [0.4, 0.5) is 5.82 Å². The van der Waals surface area contributed by atoms with Gasteiger partial charge in [0.25, 0.3) is 0 Å². The second kappa shape index (κ2) is 12.6. The molecule has 0 bridgehead atoms. The number of imidazole rings is 1. The van der Waals surface area contributed by atoms with Crippen molar-refractivity contribution in [3.8, 4) is 17.1 Å². The van der Waals surface area contributed by atoms with Crippen LogP contribution in [0.2, 0.25) is 23.2 Å². The van der Waals surface area contributed by atoms with Gasteiger partial charge < -0.3 is 24.0 Å². The SMILES string of the molecule is Cn1cc(-c2cnc3c(c2)CCC3Nc2nc3c(cc2Cl)nc(O[C@@H]2CO[C@@H]4C(O[Si](C)(C)C(C)(C)C)CC[C@@H]42)n3C2CCCCO2)cn1. The third kappa shape index (κ3) is 6.17. The Labute approximate surface area is 294 Å². The number of ether oxygens (including phenoxy) is 3. The molecule has 1 saturated carbocycles. The molecule has 1 N–H and O–H groups in total. The molecule has 262 valence electrons. The number of pyridine rings is 2. The van der Waals surface area contributed by atoms with Gasteiger partial charge in [0, 0.05) is 43.1 Å². The van der Waals surface area contributed by atoms with Crippen LogP contribution >= 0.6 is 11.6 Å². The Morgan fingerprint density at radius 2 is 1.86 bits per heavy atom. The monoisotopic (exact) mass is 705 g/mol. The van der Waals surface area contributed by atoms with E-state index in [0.717, 1.165) is 61.8 Å². The Hall–Kier alpha value is -3.03. The van der Waals surface area contributed by atoms with Gasteiger partial charge in [0.15, 0.2) is 14.0 Å². The number of nitrogens with zero attached hydrogens (tertiary/aromatic N) is 6. The van der Waals surface area contributed by atoms with Crippen molar-refractivity contribution in [1.82, 2.24) is 29.3 Å². The summed E-state index contributed by atoms with van der Waals surface area (Å²) >= 11 is 6.90. The van der Waals surface area contributed by atoms with Crippen molar-refractivity contribution in [2.24, 2.45) is 13.0 Å². The topological polar surface area (TPSA) is 110 Å². The second-order valence-electron chi connectivity index (χ2n) is 15.8. The number of anilines is 1. The lowest BCUT2D eigenvalue weighted by molar-refractivity contribution is -0.0368. The molecule has 4 aromatic rings. The van der Waals surface area contributed by atoms with Crippen LogP contribution in [0, 0.1) is 5.92 Å². The van der Waals surface area contributed by atoms with Gasteiger partial charge in [-0.3, -0.25) is 14.2 Å². The molecule has 6 heterocycles. The van der Waals surface area contributed by atoms with Crippen molar-refractivity contribution in [2.75, 3.05) is 18.5 Å². The second-order valence-corrected chi connectivity index (χ2v) is 20.9. The van der Waals surface area contributed by atoms with Crippen molar-refractivity contribution >= 4 is 36.9 Å². The third-order valence-electron chi connectivity index (χ3n) is 11.4. The Morgan fingerprint density at radius 1 is 1.00 bits per heavy atom. The number of rotatable bonds is 8. The Balaban J connectivity index is 1.05. The van der Waals surface area contributed by atoms with Crippen molar-refractivity contribution in [3.63, 3.8) is 0 Å². The fourth-order valence-electron chi connectivity index (χ4n) is 7.71. The Morgan fingerprint density at radius 3 is 2.61 bits per heavy atom. The van der Waals surface area contributed by atoms with E-state index in [4.69, 9.17) is 45.2 Å². The van der Waals surface area contributed by atoms with Gasteiger partial charge in [-0.1, -0.05) is 32.4 Å². The van der Waals surface area contributed by atoms with Gasteiger partial charge in [-0.05, 0) is 80.8 Å². The molecule has 0 spiro atoms. The summed E-state index contributed by atoms with van der Waals surface area (Å²) in [6.07, 6.45) is 12.4. The van der Waals surface area contributed by atoms with Crippen molar-refractivity contribution in [2.45, 2.75) is 114 Å². The number of fused-ring (bicyclic) bond motifs is 3. The van der Waals surface area contributed by atoms with E-state index in [9.17, 15) is 0 Å². The van der Waals surface area contributed by atoms with E-state index in [1.807, 2.05) is 41.0 Å². The maximum Gasteiger partial charge on any atom is 0.301 e. The quantitative estimate of drug-likeness (QED) is 0.185. The number of hydrogen-bond donors (Lipinski definition) is 1. The fourth-order valence-corrected chi connectivity index (χ4v) is 9.27. The van der Waals surface area contributed by atoms with E-state index in [1.165, 1.54) is 5.56 Å². The van der Waals surface area contributed by atoms with E-state index in [1.54, 1.807) is 0 Å². The van der Waals surface area contributed by atoms with Gasteiger partial charge >= 0.3 is 6.01 Å². The molecule has 8 rings (SSSR count). The molecule has 49 heavy (non-hydrogen) atoms. The number of aromatic nitrogens is 6. The predicted octanol–water partition coefficient (Wildman–Crippen LogP) is 7.63. The highest BCUT2D eigenvalue weighted by atomic mass is 35.5. The van der Waals surface area contributed by atoms with Crippen molar-refractivity contribution < 1.29 is 18.6 Å².